The van der Waals surface area contributed by atoms with Crippen molar-refractivity contribution in [3.05, 3.63) is 24.3 Å². The number of fused-ring (bicyclic) bond motifs is 2. The highest BCUT2D eigenvalue weighted by atomic mass is 32.2. The molecule has 4 aliphatic rings. The molecule has 0 radical (unpaired) electrons. The number of aliphatic hydroxyl groups is 1. The zero-order valence-corrected chi connectivity index (χ0v) is 22.4. The number of hydrogen-bond donors (Lipinski definition) is 1. The summed E-state index contributed by atoms with van der Waals surface area (Å²) >= 11 is 1.62. The van der Waals surface area contributed by atoms with Crippen LogP contribution < -0.4 is 0 Å². The molecular weight excluding hydrogens is 462 g/mol. The molecule has 35 heavy (non-hydrogen) atoms. The van der Waals surface area contributed by atoms with Gasteiger partial charge in [0, 0.05) is 31.4 Å². The lowest BCUT2D eigenvalue weighted by molar-refractivity contribution is -0.147. The van der Waals surface area contributed by atoms with Gasteiger partial charge >= 0.3 is 0 Å². The van der Waals surface area contributed by atoms with E-state index in [1.54, 1.807) is 16.7 Å². The number of likely N-dealkylation sites (tertiary alicyclic amines) is 1. The highest BCUT2D eigenvalue weighted by molar-refractivity contribution is 8.02. The zero-order valence-electron chi connectivity index (χ0n) is 21.6. The third-order valence-corrected chi connectivity index (χ3v) is 9.85. The number of thioether (sulfide) groups is 1. The van der Waals surface area contributed by atoms with Crippen LogP contribution in [0.5, 0.6) is 0 Å². The number of hydrogen-bond acceptors (Lipinski definition) is 5. The molecule has 2 fully saturated rings. The average molecular weight is 504 g/mol. The molecular formula is C27H41N3O4S. The molecule has 2 saturated heterocycles. The number of rotatable bonds is 9. The summed E-state index contributed by atoms with van der Waals surface area (Å²) in [5.41, 5.74) is 0. The standard InChI is InChI=1S/C27H41N3O4S/c1-5-7-8-14-29-16-10-12-27-22(21-20(35-27)11-9-15-28(13-6-2)24(21)32)25(33)30(23(27)26(29)34)19(17-31)18(3)4/h9-12,18-23,31H,5-8,13-17H2,1-4H3/t19-,20-,21+,22-,23?,27-/m0/s1. The van der Waals surface area contributed by atoms with E-state index in [4.69, 9.17) is 0 Å². The van der Waals surface area contributed by atoms with Crippen molar-refractivity contribution in [3.8, 4) is 0 Å². The highest BCUT2D eigenvalue weighted by Crippen LogP contribution is 2.61. The van der Waals surface area contributed by atoms with Crippen LogP contribution >= 0.6 is 11.8 Å². The number of amides is 3. The molecule has 1 unspecified atom stereocenters. The molecule has 8 heteroatoms. The molecule has 194 valence electrons. The largest absolute Gasteiger partial charge is 0.394 e. The van der Waals surface area contributed by atoms with E-state index in [2.05, 4.69) is 26.0 Å². The number of carbonyl (C=O) groups is 3. The lowest BCUT2D eigenvalue weighted by atomic mass is 9.78. The van der Waals surface area contributed by atoms with E-state index in [9.17, 15) is 19.5 Å². The number of aliphatic hydroxyl groups excluding tert-OH is 1. The maximum Gasteiger partial charge on any atom is 0.247 e. The van der Waals surface area contributed by atoms with Gasteiger partial charge in [0.05, 0.1) is 29.2 Å². The fraction of sp³-hybridized carbons (Fsp3) is 0.741. The van der Waals surface area contributed by atoms with Crippen LogP contribution in [0.4, 0.5) is 0 Å². The summed E-state index contributed by atoms with van der Waals surface area (Å²) in [4.78, 5) is 47.6. The minimum absolute atomic E-state index is 0.0140. The van der Waals surface area contributed by atoms with Crippen molar-refractivity contribution in [2.75, 3.05) is 32.8 Å². The summed E-state index contributed by atoms with van der Waals surface area (Å²) in [6.07, 6.45) is 12.1. The van der Waals surface area contributed by atoms with Gasteiger partial charge in [-0.1, -0.05) is 64.8 Å². The van der Waals surface area contributed by atoms with Gasteiger partial charge in [0.1, 0.15) is 6.04 Å². The summed E-state index contributed by atoms with van der Waals surface area (Å²) in [7, 11) is 0. The first-order valence-corrected chi connectivity index (χ1v) is 14.2. The maximum absolute atomic E-state index is 14.3. The Bertz CT molecular complexity index is 890. The first kappa shape index (κ1) is 26.3. The van der Waals surface area contributed by atoms with E-state index in [1.807, 2.05) is 35.8 Å². The Morgan fingerprint density at radius 2 is 1.71 bits per heavy atom. The molecule has 7 nitrogen and oxygen atoms in total. The van der Waals surface area contributed by atoms with Crippen LogP contribution in [-0.4, -0.2) is 92.4 Å². The molecule has 1 spiro atoms. The normalized spacial score (nSPS) is 33.2. The molecule has 4 rings (SSSR count). The summed E-state index contributed by atoms with van der Waals surface area (Å²) < 4.78 is -0.805. The third-order valence-electron chi connectivity index (χ3n) is 8.10. The second kappa shape index (κ2) is 10.7. The van der Waals surface area contributed by atoms with E-state index in [0.29, 0.717) is 26.2 Å². The molecule has 0 aromatic heterocycles. The Labute approximate surface area is 214 Å². The molecule has 4 heterocycles. The maximum atomic E-state index is 14.3. The molecule has 4 aliphatic heterocycles. The smallest absolute Gasteiger partial charge is 0.247 e. The SMILES string of the molecule is CCCCCN1CC=C[C@]23S[C@H]4C=CCN(CCC)C(=O)[C@H]4[C@H]2C(=O)N([C@@H](CO)C(C)C)C3C1=O. The summed E-state index contributed by atoms with van der Waals surface area (Å²) in [5.74, 6) is -1.32. The van der Waals surface area contributed by atoms with Gasteiger partial charge in [-0.15, -0.1) is 11.8 Å². The summed E-state index contributed by atoms with van der Waals surface area (Å²) in [5, 5.41) is 10.2. The third kappa shape index (κ3) is 4.35. The Kier molecular flexibility index (Phi) is 8.01. The van der Waals surface area contributed by atoms with Gasteiger partial charge in [0.2, 0.25) is 17.7 Å². The first-order valence-electron chi connectivity index (χ1n) is 13.3. The van der Waals surface area contributed by atoms with Gasteiger partial charge in [-0.2, -0.15) is 0 Å². The predicted molar refractivity (Wildman–Crippen MR) is 139 cm³/mol. The fourth-order valence-corrected chi connectivity index (χ4v) is 8.37. The molecule has 0 aromatic rings. The fourth-order valence-electron chi connectivity index (χ4n) is 6.38. The quantitative estimate of drug-likeness (QED) is 0.387. The zero-order chi connectivity index (χ0) is 25.3. The molecule has 6 atom stereocenters. The number of unbranched alkanes of at least 4 members (excludes halogenated alkanes) is 2. The lowest BCUT2D eigenvalue weighted by Crippen LogP contribution is -2.57. The Morgan fingerprint density at radius 1 is 1.00 bits per heavy atom. The van der Waals surface area contributed by atoms with E-state index < -0.39 is 28.7 Å². The predicted octanol–water partition coefficient (Wildman–Crippen LogP) is 2.70. The van der Waals surface area contributed by atoms with Crippen LogP contribution in [0.2, 0.25) is 0 Å². The van der Waals surface area contributed by atoms with E-state index in [1.165, 1.54) is 0 Å². The molecule has 1 N–H and O–H groups in total. The van der Waals surface area contributed by atoms with Crippen LogP contribution in [0.25, 0.3) is 0 Å². The second-order valence-electron chi connectivity index (χ2n) is 10.7. The lowest BCUT2D eigenvalue weighted by Gasteiger charge is -2.39. The Balaban J connectivity index is 1.80. The van der Waals surface area contributed by atoms with Gasteiger partial charge in [0.25, 0.3) is 0 Å². The van der Waals surface area contributed by atoms with Crippen molar-refractivity contribution in [2.45, 2.75) is 75.5 Å². The number of nitrogens with zero attached hydrogens (tertiary/aromatic N) is 3. The van der Waals surface area contributed by atoms with Crippen molar-refractivity contribution in [3.63, 3.8) is 0 Å². The second-order valence-corrected chi connectivity index (χ2v) is 12.2. The minimum atomic E-state index is -0.805. The van der Waals surface area contributed by atoms with E-state index >= 15 is 0 Å². The topological polar surface area (TPSA) is 81.2 Å². The van der Waals surface area contributed by atoms with Crippen molar-refractivity contribution in [2.24, 2.45) is 17.8 Å². The van der Waals surface area contributed by atoms with Crippen molar-refractivity contribution in [1.29, 1.82) is 0 Å². The Morgan fingerprint density at radius 3 is 2.37 bits per heavy atom. The molecule has 0 bridgehead atoms. The average Bonchev–Trinajstić information content (AvgIpc) is 3.14. The summed E-state index contributed by atoms with van der Waals surface area (Å²) in [6, 6.07) is -1.18. The van der Waals surface area contributed by atoms with Crippen LogP contribution in [0.1, 0.15) is 53.4 Å². The molecule has 0 aromatic carbocycles. The van der Waals surface area contributed by atoms with E-state index in [-0.39, 0.29) is 35.5 Å². The van der Waals surface area contributed by atoms with Gasteiger partial charge in [0.15, 0.2) is 0 Å². The monoisotopic (exact) mass is 503 g/mol. The van der Waals surface area contributed by atoms with Crippen molar-refractivity contribution >= 4 is 29.5 Å². The van der Waals surface area contributed by atoms with Crippen molar-refractivity contribution in [1.82, 2.24) is 14.7 Å². The van der Waals surface area contributed by atoms with E-state index in [0.717, 1.165) is 25.7 Å². The number of carbonyl (C=O) groups excluding carboxylic acids is 3. The Hall–Kier alpha value is -1.80. The van der Waals surface area contributed by atoms with Gasteiger partial charge < -0.3 is 19.8 Å². The van der Waals surface area contributed by atoms with Gasteiger partial charge in [-0.25, -0.2) is 0 Å². The molecule has 0 aliphatic carbocycles. The summed E-state index contributed by atoms with van der Waals surface area (Å²) in [6.45, 7) is 10.3. The van der Waals surface area contributed by atoms with Crippen LogP contribution in [0.15, 0.2) is 24.3 Å². The van der Waals surface area contributed by atoms with Crippen molar-refractivity contribution < 1.29 is 19.5 Å². The highest BCUT2D eigenvalue weighted by Gasteiger charge is 2.71. The first-order chi connectivity index (χ1) is 16.8. The van der Waals surface area contributed by atoms with Gasteiger partial charge in [-0.3, -0.25) is 14.4 Å². The van der Waals surface area contributed by atoms with Crippen LogP contribution in [-0.2, 0) is 14.4 Å². The van der Waals surface area contributed by atoms with Crippen LogP contribution in [0.3, 0.4) is 0 Å². The van der Waals surface area contributed by atoms with Gasteiger partial charge in [-0.05, 0) is 18.8 Å². The van der Waals surface area contributed by atoms with Crippen LogP contribution in [0, 0.1) is 17.8 Å². The molecule has 3 amide bonds. The molecule has 0 saturated carbocycles. The minimum Gasteiger partial charge on any atom is -0.394 e.